The predicted molar refractivity (Wildman–Crippen MR) is 118 cm³/mol. The fraction of sp³-hybridized carbons (Fsp3) is 0.125. The van der Waals surface area contributed by atoms with E-state index < -0.39 is 5.25 Å². The van der Waals surface area contributed by atoms with Gasteiger partial charge in [0.25, 0.3) is 0 Å². The highest BCUT2D eigenvalue weighted by atomic mass is 35.5. The van der Waals surface area contributed by atoms with Crippen LogP contribution in [0.25, 0.3) is 5.70 Å². The fourth-order valence-corrected chi connectivity index (χ4v) is 4.06. The van der Waals surface area contributed by atoms with Gasteiger partial charge < -0.3 is 4.90 Å². The van der Waals surface area contributed by atoms with Gasteiger partial charge >= 0.3 is 0 Å². The van der Waals surface area contributed by atoms with Crippen LogP contribution < -0.4 is 0 Å². The Balaban J connectivity index is 1.78. The van der Waals surface area contributed by atoms with Crippen molar-refractivity contribution in [3.63, 3.8) is 0 Å². The molecule has 2 atom stereocenters. The zero-order chi connectivity index (χ0) is 19.5. The molecule has 0 fully saturated rings. The van der Waals surface area contributed by atoms with Gasteiger partial charge in [-0.05, 0) is 28.8 Å². The molecule has 0 aliphatic carbocycles. The average Bonchev–Trinajstić information content (AvgIpc) is 2.74. The number of hydrogen-bond donors (Lipinski definition) is 1. The predicted octanol–water partition coefficient (Wildman–Crippen LogP) is 5.81. The van der Waals surface area contributed by atoms with Crippen molar-refractivity contribution >= 4 is 35.8 Å². The summed E-state index contributed by atoms with van der Waals surface area (Å²) in [6.45, 7) is 0.519. The van der Waals surface area contributed by atoms with E-state index in [-0.39, 0.29) is 11.8 Å². The van der Waals surface area contributed by atoms with E-state index >= 15 is 0 Å². The summed E-state index contributed by atoms with van der Waals surface area (Å²) in [5.74, 6) is -0.108. The Labute approximate surface area is 175 Å². The fourth-order valence-electron chi connectivity index (χ4n) is 3.54. The third-order valence-electron chi connectivity index (χ3n) is 5.00. The Morgan fingerprint density at radius 2 is 1.46 bits per heavy atom. The van der Waals surface area contributed by atoms with Crippen molar-refractivity contribution in [3.8, 4) is 0 Å². The largest absolute Gasteiger partial charge is 0.307 e. The third kappa shape index (κ3) is 3.87. The molecule has 0 radical (unpaired) electrons. The smallest absolute Gasteiger partial charge is 0.241 e. The van der Waals surface area contributed by atoms with Crippen molar-refractivity contribution in [1.82, 2.24) is 4.90 Å². The summed E-state index contributed by atoms with van der Waals surface area (Å²) in [6, 6.07) is 27.7. The van der Waals surface area contributed by atoms with Crippen LogP contribution in [-0.2, 0) is 11.3 Å². The summed E-state index contributed by atoms with van der Waals surface area (Å²) in [6.07, 6.45) is 2.15. The Morgan fingerprint density at radius 1 is 0.857 bits per heavy atom. The first-order valence-corrected chi connectivity index (χ1v) is 10.1. The van der Waals surface area contributed by atoms with Gasteiger partial charge in [-0.3, -0.25) is 4.79 Å². The molecule has 0 aromatic heterocycles. The molecular formula is C24H20ClNOS. The molecule has 4 heteroatoms. The van der Waals surface area contributed by atoms with Crippen LogP contribution in [0.1, 0.15) is 22.6 Å². The summed E-state index contributed by atoms with van der Waals surface area (Å²) in [4.78, 5) is 15.2. The minimum absolute atomic E-state index is 0.00786. The highest BCUT2D eigenvalue weighted by Gasteiger charge is 2.36. The monoisotopic (exact) mass is 405 g/mol. The molecule has 0 saturated heterocycles. The molecule has 0 spiro atoms. The summed E-state index contributed by atoms with van der Waals surface area (Å²) in [5, 5.41) is 0.233. The van der Waals surface area contributed by atoms with Crippen LogP contribution in [0, 0.1) is 0 Å². The topological polar surface area (TPSA) is 20.3 Å². The van der Waals surface area contributed by atoms with Crippen molar-refractivity contribution in [3.05, 3.63) is 113 Å². The summed E-state index contributed by atoms with van der Waals surface area (Å²) in [5.41, 5.74) is 4.05. The Morgan fingerprint density at radius 3 is 2.11 bits per heavy atom. The van der Waals surface area contributed by atoms with Crippen LogP contribution in [0.5, 0.6) is 0 Å². The molecule has 1 heterocycles. The number of benzene rings is 3. The Hall–Kier alpha value is -2.49. The second-order valence-electron chi connectivity index (χ2n) is 6.85. The van der Waals surface area contributed by atoms with Gasteiger partial charge in [-0.1, -0.05) is 90.5 Å². The van der Waals surface area contributed by atoms with Gasteiger partial charge in [0.15, 0.2) is 0 Å². The van der Waals surface area contributed by atoms with E-state index in [0.717, 1.165) is 22.4 Å². The molecule has 3 aromatic rings. The first-order valence-electron chi connectivity index (χ1n) is 9.19. The van der Waals surface area contributed by atoms with Gasteiger partial charge in [-0.25, -0.2) is 0 Å². The third-order valence-corrected chi connectivity index (χ3v) is 5.79. The second kappa shape index (κ2) is 8.26. The lowest BCUT2D eigenvalue weighted by molar-refractivity contribution is -0.128. The quantitative estimate of drug-likeness (QED) is 0.543. The standard InChI is InChI=1S/C24H20ClNOS/c25-20-13-11-18(12-14-20)21-15-22(19-9-5-2-6-10-19)26(24(27)23(21)28)16-17-7-3-1-4-8-17/h1-15,21,23,28H,16H2/t21-,23-/m1/s1. The number of thiol groups is 1. The molecule has 1 amide bonds. The van der Waals surface area contributed by atoms with Crippen molar-refractivity contribution in [2.24, 2.45) is 0 Å². The molecule has 3 aromatic carbocycles. The Kier molecular flexibility index (Phi) is 5.56. The molecule has 4 rings (SSSR count). The first-order chi connectivity index (χ1) is 13.6. The molecule has 0 N–H and O–H groups in total. The minimum Gasteiger partial charge on any atom is -0.307 e. The van der Waals surface area contributed by atoms with Gasteiger partial charge in [0, 0.05) is 16.6 Å². The summed E-state index contributed by atoms with van der Waals surface area (Å²) < 4.78 is 0. The lowest BCUT2D eigenvalue weighted by atomic mass is 9.88. The highest BCUT2D eigenvalue weighted by Crippen LogP contribution is 2.38. The maximum Gasteiger partial charge on any atom is 0.241 e. The maximum atomic E-state index is 13.3. The lowest BCUT2D eigenvalue weighted by Crippen LogP contribution is -2.41. The highest BCUT2D eigenvalue weighted by molar-refractivity contribution is 7.81. The van der Waals surface area contributed by atoms with Gasteiger partial charge in [0.05, 0.1) is 11.8 Å². The van der Waals surface area contributed by atoms with E-state index in [4.69, 9.17) is 24.2 Å². The molecule has 0 saturated carbocycles. The van der Waals surface area contributed by atoms with Crippen molar-refractivity contribution in [2.75, 3.05) is 0 Å². The van der Waals surface area contributed by atoms with Crippen LogP contribution in [0.15, 0.2) is 91.0 Å². The lowest BCUT2D eigenvalue weighted by Gasteiger charge is -2.36. The van der Waals surface area contributed by atoms with E-state index in [1.54, 1.807) is 0 Å². The SMILES string of the molecule is O=C1[C@H](S)[C@@H](c2ccc(Cl)cc2)C=C(c2ccccc2)N1Cc1ccccc1. The van der Waals surface area contributed by atoms with Gasteiger partial charge in [-0.2, -0.15) is 12.6 Å². The number of carbonyl (C=O) groups is 1. The summed E-state index contributed by atoms with van der Waals surface area (Å²) in [7, 11) is 0. The molecule has 1 aliphatic heterocycles. The second-order valence-corrected chi connectivity index (χ2v) is 7.84. The number of rotatable bonds is 4. The summed E-state index contributed by atoms with van der Waals surface area (Å²) >= 11 is 10.7. The van der Waals surface area contributed by atoms with Crippen molar-refractivity contribution in [2.45, 2.75) is 17.7 Å². The molecule has 2 nitrogen and oxygen atoms in total. The number of hydrogen-bond acceptors (Lipinski definition) is 2. The van der Waals surface area contributed by atoms with E-state index in [9.17, 15) is 4.79 Å². The number of amides is 1. The van der Waals surface area contributed by atoms with Gasteiger partial charge in [0.2, 0.25) is 5.91 Å². The van der Waals surface area contributed by atoms with Crippen LogP contribution in [-0.4, -0.2) is 16.1 Å². The molecule has 28 heavy (non-hydrogen) atoms. The molecule has 140 valence electrons. The zero-order valence-corrected chi connectivity index (χ0v) is 16.9. The zero-order valence-electron chi connectivity index (χ0n) is 15.2. The molecule has 1 aliphatic rings. The van der Waals surface area contributed by atoms with E-state index in [2.05, 4.69) is 6.08 Å². The van der Waals surface area contributed by atoms with Crippen molar-refractivity contribution < 1.29 is 4.79 Å². The molecular weight excluding hydrogens is 386 g/mol. The molecule has 0 unspecified atom stereocenters. The van der Waals surface area contributed by atoms with Crippen LogP contribution in [0.3, 0.4) is 0 Å². The number of halogens is 1. The minimum atomic E-state index is -0.447. The normalized spacial score (nSPS) is 19.4. The number of nitrogens with zero attached hydrogens (tertiary/aromatic N) is 1. The first kappa shape index (κ1) is 18.9. The average molecular weight is 406 g/mol. The van der Waals surface area contributed by atoms with Crippen molar-refractivity contribution in [1.29, 1.82) is 0 Å². The number of carbonyl (C=O) groups excluding carboxylic acids is 1. The van der Waals surface area contributed by atoms with E-state index in [1.165, 1.54) is 0 Å². The molecule has 0 bridgehead atoms. The Bertz CT molecular complexity index is 986. The van der Waals surface area contributed by atoms with E-state index in [0.29, 0.717) is 11.6 Å². The van der Waals surface area contributed by atoms with Gasteiger partial charge in [0.1, 0.15) is 0 Å². The van der Waals surface area contributed by atoms with Crippen LogP contribution in [0.4, 0.5) is 0 Å². The van der Waals surface area contributed by atoms with E-state index in [1.807, 2.05) is 89.8 Å². The van der Waals surface area contributed by atoms with Gasteiger partial charge in [-0.15, -0.1) is 0 Å². The maximum absolute atomic E-state index is 13.3. The number of allylic oxidation sites excluding steroid dienone is 1. The van der Waals surface area contributed by atoms with Crippen LogP contribution in [0.2, 0.25) is 5.02 Å². The van der Waals surface area contributed by atoms with Crippen LogP contribution >= 0.6 is 24.2 Å².